The maximum Gasteiger partial charge on any atom is 0.186 e. The topological polar surface area (TPSA) is 81.8 Å². The van der Waals surface area contributed by atoms with Gasteiger partial charge in [0.2, 0.25) is 0 Å². The molecule has 0 aliphatic rings. The fourth-order valence-corrected chi connectivity index (χ4v) is 2.26. The molecule has 20 heavy (non-hydrogen) atoms. The number of nitrogens with zero attached hydrogens (tertiary/aromatic N) is 3. The third-order valence-electron chi connectivity index (χ3n) is 3.15. The van der Waals surface area contributed by atoms with Crippen molar-refractivity contribution >= 4 is 16.9 Å². The fourth-order valence-electron chi connectivity index (χ4n) is 2.26. The molecule has 0 atom stereocenters. The molecule has 1 aromatic carbocycles. The van der Waals surface area contributed by atoms with Gasteiger partial charge in [-0.15, -0.1) is 0 Å². The summed E-state index contributed by atoms with van der Waals surface area (Å²) < 4.78 is 20.0. The van der Waals surface area contributed by atoms with Crippen LogP contribution in [0, 0.1) is 12.7 Å². The van der Waals surface area contributed by atoms with Crippen LogP contribution in [-0.4, -0.2) is 27.1 Å². The van der Waals surface area contributed by atoms with E-state index < -0.39 is 0 Å². The van der Waals surface area contributed by atoms with Crippen molar-refractivity contribution in [2.45, 2.75) is 13.5 Å². The molecule has 0 bridgehead atoms. The number of H-pyrrole nitrogens is 1. The standard InChI is InChI=1S/C13H14FN5O/c1-7-5-8(14)3-4-10(7)19-13-11(12(15)16-17-13)9(18-19)6-20-2/h3-5H,6H2,1-2H3,(H3,15,16,17). The van der Waals surface area contributed by atoms with Gasteiger partial charge in [0, 0.05) is 7.11 Å². The third kappa shape index (κ3) is 1.83. The van der Waals surface area contributed by atoms with Gasteiger partial charge >= 0.3 is 0 Å². The molecule has 0 saturated carbocycles. The minimum Gasteiger partial charge on any atom is -0.383 e. The quantitative estimate of drug-likeness (QED) is 0.765. The van der Waals surface area contributed by atoms with Crippen LogP contribution in [0.5, 0.6) is 0 Å². The zero-order chi connectivity index (χ0) is 14.3. The summed E-state index contributed by atoms with van der Waals surface area (Å²) in [6, 6.07) is 4.51. The van der Waals surface area contributed by atoms with Crippen LogP contribution in [0.1, 0.15) is 11.3 Å². The van der Waals surface area contributed by atoms with Crippen LogP contribution in [0.25, 0.3) is 16.7 Å². The fraction of sp³-hybridized carbons (Fsp3) is 0.231. The van der Waals surface area contributed by atoms with Crippen LogP contribution in [0.2, 0.25) is 0 Å². The molecule has 2 aromatic heterocycles. The van der Waals surface area contributed by atoms with Gasteiger partial charge in [0.25, 0.3) is 0 Å². The zero-order valence-corrected chi connectivity index (χ0v) is 11.1. The number of nitrogens with two attached hydrogens (primary N) is 1. The predicted octanol–water partition coefficient (Wildman–Crippen LogP) is 1.92. The van der Waals surface area contributed by atoms with E-state index in [9.17, 15) is 4.39 Å². The van der Waals surface area contributed by atoms with Crippen molar-refractivity contribution in [3.63, 3.8) is 0 Å². The van der Waals surface area contributed by atoms with Gasteiger partial charge in [-0.2, -0.15) is 10.2 Å². The first-order chi connectivity index (χ1) is 9.61. The molecule has 0 aliphatic carbocycles. The molecule has 0 amide bonds. The highest BCUT2D eigenvalue weighted by molar-refractivity contribution is 5.90. The Morgan fingerprint density at radius 1 is 1.45 bits per heavy atom. The van der Waals surface area contributed by atoms with Gasteiger partial charge in [0.05, 0.1) is 17.7 Å². The monoisotopic (exact) mass is 275 g/mol. The average Bonchev–Trinajstić information content (AvgIpc) is 2.93. The summed E-state index contributed by atoms with van der Waals surface area (Å²) in [6.07, 6.45) is 0. The smallest absolute Gasteiger partial charge is 0.186 e. The van der Waals surface area contributed by atoms with Crippen LogP contribution >= 0.6 is 0 Å². The van der Waals surface area contributed by atoms with Crippen molar-refractivity contribution in [3.05, 3.63) is 35.3 Å². The molecule has 0 radical (unpaired) electrons. The molecule has 0 aliphatic heterocycles. The zero-order valence-electron chi connectivity index (χ0n) is 11.1. The number of hydrogen-bond acceptors (Lipinski definition) is 4. The largest absolute Gasteiger partial charge is 0.383 e. The SMILES string of the molecule is COCc1nn(-c2ccc(F)cc2C)c2n[nH]c(N)c12. The van der Waals surface area contributed by atoms with Crippen molar-refractivity contribution in [1.29, 1.82) is 0 Å². The number of nitrogens with one attached hydrogen (secondary N) is 1. The number of benzene rings is 1. The molecule has 7 heteroatoms. The van der Waals surface area contributed by atoms with Gasteiger partial charge in [0.15, 0.2) is 5.65 Å². The lowest BCUT2D eigenvalue weighted by atomic mass is 10.2. The number of anilines is 1. The number of aromatic nitrogens is 4. The summed E-state index contributed by atoms with van der Waals surface area (Å²) >= 11 is 0. The first-order valence-electron chi connectivity index (χ1n) is 6.08. The second-order valence-electron chi connectivity index (χ2n) is 4.56. The normalized spacial score (nSPS) is 11.3. The number of aryl methyl sites for hydroxylation is 1. The van der Waals surface area contributed by atoms with Gasteiger partial charge in [-0.25, -0.2) is 9.07 Å². The lowest BCUT2D eigenvalue weighted by Crippen LogP contribution is -2.02. The molecule has 3 N–H and O–H groups in total. The second kappa shape index (κ2) is 4.61. The molecular weight excluding hydrogens is 261 g/mol. The van der Waals surface area contributed by atoms with E-state index in [4.69, 9.17) is 10.5 Å². The molecule has 6 nitrogen and oxygen atoms in total. The molecule has 3 rings (SSSR count). The van der Waals surface area contributed by atoms with E-state index in [1.165, 1.54) is 12.1 Å². The lowest BCUT2D eigenvalue weighted by Gasteiger charge is -2.05. The Hall–Kier alpha value is -2.41. The van der Waals surface area contributed by atoms with Crippen molar-refractivity contribution in [2.75, 3.05) is 12.8 Å². The average molecular weight is 275 g/mol. The molecule has 2 heterocycles. The van der Waals surface area contributed by atoms with Crippen molar-refractivity contribution < 1.29 is 9.13 Å². The first kappa shape index (κ1) is 12.6. The number of methoxy groups -OCH3 is 1. The third-order valence-corrected chi connectivity index (χ3v) is 3.15. The summed E-state index contributed by atoms with van der Waals surface area (Å²) in [5, 5.41) is 12.1. The number of fused-ring (bicyclic) bond motifs is 1. The van der Waals surface area contributed by atoms with Crippen LogP contribution in [0.4, 0.5) is 10.2 Å². The number of ether oxygens (including phenoxy) is 1. The van der Waals surface area contributed by atoms with Crippen LogP contribution in [0.3, 0.4) is 0 Å². The maximum absolute atomic E-state index is 13.2. The van der Waals surface area contributed by atoms with E-state index in [1.54, 1.807) is 17.9 Å². The Kier molecular flexibility index (Phi) is 2.90. The predicted molar refractivity (Wildman–Crippen MR) is 73.0 cm³/mol. The van der Waals surface area contributed by atoms with E-state index in [2.05, 4.69) is 15.3 Å². The van der Waals surface area contributed by atoms with E-state index in [0.717, 1.165) is 16.6 Å². The van der Waals surface area contributed by atoms with Gasteiger partial charge in [-0.05, 0) is 30.7 Å². The van der Waals surface area contributed by atoms with Crippen molar-refractivity contribution in [3.8, 4) is 5.69 Å². The molecular formula is C13H14FN5O. The lowest BCUT2D eigenvalue weighted by molar-refractivity contribution is 0.182. The summed E-state index contributed by atoms with van der Waals surface area (Å²) in [4.78, 5) is 0. The number of halogens is 1. The molecule has 3 aromatic rings. The molecule has 104 valence electrons. The summed E-state index contributed by atoms with van der Waals surface area (Å²) in [7, 11) is 1.59. The highest BCUT2D eigenvalue weighted by Gasteiger charge is 2.18. The molecule has 0 unspecified atom stereocenters. The number of hydrogen-bond donors (Lipinski definition) is 2. The van der Waals surface area contributed by atoms with Crippen molar-refractivity contribution in [1.82, 2.24) is 20.0 Å². The Labute approximate surface area is 114 Å². The van der Waals surface area contributed by atoms with Gasteiger partial charge < -0.3 is 10.5 Å². The van der Waals surface area contributed by atoms with Gasteiger partial charge in [-0.3, -0.25) is 5.10 Å². The number of rotatable bonds is 3. The van der Waals surface area contributed by atoms with Crippen LogP contribution < -0.4 is 5.73 Å². The molecule has 0 spiro atoms. The minimum atomic E-state index is -0.284. The minimum absolute atomic E-state index is 0.284. The Bertz CT molecular complexity index is 777. The van der Waals surface area contributed by atoms with Crippen molar-refractivity contribution in [2.24, 2.45) is 0 Å². The summed E-state index contributed by atoms with van der Waals surface area (Å²) in [5.41, 5.74) is 8.69. The Balaban J connectivity index is 2.25. The van der Waals surface area contributed by atoms with E-state index >= 15 is 0 Å². The Morgan fingerprint density at radius 3 is 2.95 bits per heavy atom. The highest BCUT2D eigenvalue weighted by atomic mass is 19.1. The maximum atomic E-state index is 13.2. The second-order valence-corrected chi connectivity index (χ2v) is 4.56. The van der Waals surface area contributed by atoms with Gasteiger partial charge in [-0.1, -0.05) is 0 Å². The summed E-state index contributed by atoms with van der Waals surface area (Å²) in [6.45, 7) is 2.14. The first-order valence-corrected chi connectivity index (χ1v) is 6.08. The van der Waals surface area contributed by atoms with Crippen LogP contribution in [0.15, 0.2) is 18.2 Å². The summed E-state index contributed by atoms with van der Waals surface area (Å²) in [5.74, 6) is 0.159. The van der Waals surface area contributed by atoms with E-state index in [1.807, 2.05) is 6.92 Å². The van der Waals surface area contributed by atoms with Gasteiger partial charge in [0.1, 0.15) is 17.3 Å². The number of nitrogen functional groups attached to an aromatic ring is 1. The Morgan fingerprint density at radius 2 is 2.25 bits per heavy atom. The van der Waals surface area contributed by atoms with E-state index in [0.29, 0.717) is 23.8 Å². The van der Waals surface area contributed by atoms with Crippen LogP contribution in [-0.2, 0) is 11.3 Å². The molecule has 0 fully saturated rings. The highest BCUT2D eigenvalue weighted by Crippen LogP contribution is 2.26. The number of aromatic amines is 1. The molecule has 0 saturated heterocycles. The van der Waals surface area contributed by atoms with E-state index in [-0.39, 0.29) is 5.82 Å².